The zero-order chi connectivity index (χ0) is 22.0. The number of rotatable bonds is 7. The molecule has 1 unspecified atom stereocenters. The molecule has 0 amide bonds. The minimum Gasteiger partial charge on any atom is -0.390 e. The fourth-order valence-corrected chi connectivity index (χ4v) is 5.28. The zero-order valence-corrected chi connectivity index (χ0v) is 18.4. The molecule has 0 radical (unpaired) electrons. The SMILES string of the molecule is NCC(O)CN(Cc1ccc2ccccc2c1)S(=O)(=O)c1ccc2cc(Cl)ccc2c1. The second kappa shape index (κ2) is 8.94. The number of sulfonamides is 1. The average Bonchev–Trinajstić information content (AvgIpc) is 2.78. The van der Waals surface area contributed by atoms with Crippen LogP contribution in [-0.4, -0.2) is 37.0 Å². The molecule has 4 rings (SSSR count). The largest absolute Gasteiger partial charge is 0.390 e. The number of aliphatic hydroxyl groups is 1. The lowest BCUT2D eigenvalue weighted by atomic mass is 10.1. The number of nitrogens with zero attached hydrogens (tertiary/aromatic N) is 1. The van der Waals surface area contributed by atoms with Crippen molar-refractivity contribution in [2.45, 2.75) is 17.5 Å². The van der Waals surface area contributed by atoms with Crippen LogP contribution in [0, 0.1) is 0 Å². The fourth-order valence-electron chi connectivity index (χ4n) is 3.60. The van der Waals surface area contributed by atoms with Crippen LogP contribution in [-0.2, 0) is 16.6 Å². The molecule has 0 saturated carbocycles. The maximum atomic E-state index is 13.5. The topological polar surface area (TPSA) is 83.6 Å². The van der Waals surface area contributed by atoms with Gasteiger partial charge in [-0.2, -0.15) is 4.31 Å². The molecule has 3 N–H and O–H groups in total. The lowest BCUT2D eigenvalue weighted by Crippen LogP contribution is -2.39. The van der Waals surface area contributed by atoms with Gasteiger partial charge in [-0.15, -0.1) is 0 Å². The van der Waals surface area contributed by atoms with Gasteiger partial charge in [0.1, 0.15) is 0 Å². The fraction of sp³-hybridized carbons (Fsp3) is 0.167. The van der Waals surface area contributed by atoms with Crippen molar-refractivity contribution in [3.63, 3.8) is 0 Å². The molecular formula is C24H23ClN2O3S. The van der Waals surface area contributed by atoms with E-state index in [4.69, 9.17) is 17.3 Å². The monoisotopic (exact) mass is 454 g/mol. The number of nitrogens with two attached hydrogens (primary N) is 1. The van der Waals surface area contributed by atoms with Crippen molar-refractivity contribution in [1.29, 1.82) is 0 Å². The molecule has 0 heterocycles. The molecule has 0 aliphatic rings. The van der Waals surface area contributed by atoms with Gasteiger partial charge in [-0.1, -0.05) is 60.1 Å². The normalized spacial score (nSPS) is 13.2. The van der Waals surface area contributed by atoms with Gasteiger partial charge in [-0.25, -0.2) is 8.42 Å². The Bertz CT molecular complexity index is 1340. The van der Waals surface area contributed by atoms with Crippen LogP contribution in [0.1, 0.15) is 5.56 Å². The van der Waals surface area contributed by atoms with E-state index in [1.54, 1.807) is 36.4 Å². The zero-order valence-electron chi connectivity index (χ0n) is 16.8. The Morgan fingerprint density at radius 2 is 1.52 bits per heavy atom. The van der Waals surface area contributed by atoms with E-state index in [-0.39, 0.29) is 24.5 Å². The van der Waals surface area contributed by atoms with E-state index in [0.29, 0.717) is 5.02 Å². The van der Waals surface area contributed by atoms with E-state index in [9.17, 15) is 13.5 Å². The van der Waals surface area contributed by atoms with Gasteiger partial charge in [0.2, 0.25) is 10.0 Å². The summed E-state index contributed by atoms with van der Waals surface area (Å²) in [6.45, 7) is 0.00710. The van der Waals surface area contributed by atoms with E-state index in [1.807, 2.05) is 42.5 Å². The molecule has 1 atom stereocenters. The Labute approximate surface area is 186 Å². The summed E-state index contributed by atoms with van der Waals surface area (Å²) in [7, 11) is -3.87. The molecule has 5 nitrogen and oxygen atoms in total. The van der Waals surface area contributed by atoms with Crippen molar-refractivity contribution >= 4 is 43.2 Å². The Kier molecular flexibility index (Phi) is 6.27. The summed E-state index contributed by atoms with van der Waals surface area (Å²) in [6.07, 6.45) is -0.963. The number of fused-ring (bicyclic) bond motifs is 2. The molecule has 0 spiro atoms. The molecule has 0 aliphatic carbocycles. The summed E-state index contributed by atoms with van der Waals surface area (Å²) in [5, 5.41) is 14.5. The highest BCUT2D eigenvalue weighted by Crippen LogP contribution is 2.26. The molecular weight excluding hydrogens is 432 g/mol. The molecule has 0 aromatic heterocycles. The molecule has 160 valence electrons. The third kappa shape index (κ3) is 4.74. The highest BCUT2D eigenvalue weighted by Gasteiger charge is 2.27. The first-order valence-electron chi connectivity index (χ1n) is 9.92. The standard InChI is InChI=1S/C24H23ClN2O3S/c25-22-9-7-21-13-24(10-8-20(21)12-22)31(29,30)27(16-23(28)14-26)15-17-5-6-18-3-1-2-4-19(18)11-17/h1-13,23,28H,14-16,26H2. The first-order chi connectivity index (χ1) is 14.9. The second-order valence-corrected chi connectivity index (χ2v) is 9.90. The molecule has 0 saturated heterocycles. The summed E-state index contributed by atoms with van der Waals surface area (Å²) >= 11 is 6.04. The summed E-state index contributed by atoms with van der Waals surface area (Å²) < 4.78 is 28.3. The van der Waals surface area contributed by atoms with Crippen LogP contribution < -0.4 is 5.73 Å². The van der Waals surface area contributed by atoms with Crippen molar-refractivity contribution < 1.29 is 13.5 Å². The van der Waals surface area contributed by atoms with Crippen molar-refractivity contribution in [3.05, 3.63) is 89.4 Å². The van der Waals surface area contributed by atoms with Gasteiger partial charge >= 0.3 is 0 Å². The Balaban J connectivity index is 1.72. The van der Waals surface area contributed by atoms with Gasteiger partial charge < -0.3 is 10.8 Å². The lowest BCUT2D eigenvalue weighted by Gasteiger charge is -2.25. The van der Waals surface area contributed by atoms with E-state index >= 15 is 0 Å². The Morgan fingerprint density at radius 3 is 2.29 bits per heavy atom. The third-order valence-electron chi connectivity index (χ3n) is 5.27. The van der Waals surface area contributed by atoms with Crippen molar-refractivity contribution in [3.8, 4) is 0 Å². The van der Waals surface area contributed by atoms with E-state index in [2.05, 4.69) is 0 Å². The first-order valence-corrected chi connectivity index (χ1v) is 11.7. The Morgan fingerprint density at radius 1 is 0.871 bits per heavy atom. The first kappa shape index (κ1) is 21.7. The number of aliphatic hydroxyl groups excluding tert-OH is 1. The summed E-state index contributed by atoms with van der Waals surface area (Å²) in [5.74, 6) is 0. The van der Waals surface area contributed by atoms with Crippen LogP contribution in [0.15, 0.2) is 83.8 Å². The second-order valence-electron chi connectivity index (χ2n) is 7.52. The Hall–Kier alpha value is -2.48. The van der Waals surface area contributed by atoms with Crippen LogP contribution >= 0.6 is 11.6 Å². The van der Waals surface area contributed by atoms with Crippen LogP contribution in [0.3, 0.4) is 0 Å². The van der Waals surface area contributed by atoms with E-state index < -0.39 is 16.1 Å². The summed E-state index contributed by atoms with van der Waals surface area (Å²) in [6, 6.07) is 24.0. The average molecular weight is 455 g/mol. The van der Waals surface area contributed by atoms with Gasteiger partial charge in [-0.3, -0.25) is 0 Å². The molecule has 4 aromatic rings. The predicted octanol–water partition coefficient (Wildman–Crippen LogP) is 4.16. The van der Waals surface area contributed by atoms with E-state index in [0.717, 1.165) is 27.1 Å². The van der Waals surface area contributed by atoms with Gasteiger partial charge in [0.25, 0.3) is 0 Å². The number of benzene rings is 4. The van der Waals surface area contributed by atoms with Crippen molar-refractivity contribution in [2.75, 3.05) is 13.1 Å². The minimum atomic E-state index is -3.87. The highest BCUT2D eigenvalue weighted by atomic mass is 35.5. The summed E-state index contributed by atoms with van der Waals surface area (Å²) in [5.41, 5.74) is 6.41. The van der Waals surface area contributed by atoms with Crippen molar-refractivity contribution in [2.24, 2.45) is 5.73 Å². The van der Waals surface area contributed by atoms with Crippen LogP contribution in [0.25, 0.3) is 21.5 Å². The number of halogens is 1. The molecule has 0 bridgehead atoms. The van der Waals surface area contributed by atoms with Gasteiger partial charge in [0, 0.05) is 24.7 Å². The minimum absolute atomic E-state index is 0.0278. The van der Waals surface area contributed by atoms with Crippen LogP contribution in [0.5, 0.6) is 0 Å². The highest BCUT2D eigenvalue weighted by molar-refractivity contribution is 7.89. The van der Waals surface area contributed by atoms with E-state index in [1.165, 1.54) is 4.31 Å². The predicted molar refractivity (Wildman–Crippen MR) is 126 cm³/mol. The van der Waals surface area contributed by atoms with Crippen LogP contribution in [0.2, 0.25) is 5.02 Å². The number of hydrogen-bond acceptors (Lipinski definition) is 4. The smallest absolute Gasteiger partial charge is 0.243 e. The van der Waals surface area contributed by atoms with Gasteiger partial charge in [0.05, 0.1) is 11.0 Å². The third-order valence-corrected chi connectivity index (χ3v) is 7.31. The molecule has 31 heavy (non-hydrogen) atoms. The van der Waals surface area contributed by atoms with Crippen LogP contribution in [0.4, 0.5) is 0 Å². The van der Waals surface area contributed by atoms with Crippen molar-refractivity contribution in [1.82, 2.24) is 4.31 Å². The quantitative estimate of drug-likeness (QED) is 0.439. The molecule has 4 aromatic carbocycles. The lowest BCUT2D eigenvalue weighted by molar-refractivity contribution is 0.151. The molecule has 7 heteroatoms. The van der Waals surface area contributed by atoms with Gasteiger partial charge in [0.15, 0.2) is 0 Å². The molecule has 0 fully saturated rings. The maximum absolute atomic E-state index is 13.5. The maximum Gasteiger partial charge on any atom is 0.243 e. The van der Waals surface area contributed by atoms with Gasteiger partial charge in [-0.05, 0) is 57.4 Å². The number of hydrogen-bond donors (Lipinski definition) is 2. The molecule has 0 aliphatic heterocycles. The summed E-state index contributed by atoms with van der Waals surface area (Å²) in [4.78, 5) is 0.160.